The Bertz CT molecular complexity index is 546. The Morgan fingerprint density at radius 1 is 1.23 bits per heavy atom. The van der Waals surface area contributed by atoms with Gasteiger partial charge in [0.2, 0.25) is 11.8 Å². The van der Waals surface area contributed by atoms with Crippen LogP contribution in [0.25, 0.3) is 0 Å². The highest BCUT2D eigenvalue weighted by Gasteiger charge is 2.61. The number of carbonyl (C=O) groups is 2. The topological polar surface area (TPSA) is 70.6 Å². The molecule has 22 heavy (non-hydrogen) atoms. The van der Waals surface area contributed by atoms with Gasteiger partial charge in [0.15, 0.2) is 5.17 Å². The molecule has 2 amide bonds. The second-order valence-electron chi connectivity index (χ2n) is 7.69. The molecule has 4 fully saturated rings. The normalized spacial score (nSPS) is 42.1. The molecular formula is C16H23N3O2S. The van der Waals surface area contributed by atoms with E-state index < -0.39 is 0 Å². The van der Waals surface area contributed by atoms with Crippen molar-refractivity contribution in [1.29, 1.82) is 0 Å². The van der Waals surface area contributed by atoms with E-state index in [1.165, 1.54) is 6.42 Å². The maximum absolute atomic E-state index is 13.0. The van der Waals surface area contributed by atoms with Gasteiger partial charge in [-0.2, -0.15) is 0 Å². The van der Waals surface area contributed by atoms with Gasteiger partial charge in [0.05, 0.1) is 12.0 Å². The summed E-state index contributed by atoms with van der Waals surface area (Å²) in [4.78, 5) is 29.0. The summed E-state index contributed by atoms with van der Waals surface area (Å²) in [5, 5.41) is 7.06. The van der Waals surface area contributed by atoms with Gasteiger partial charge in [-0.15, -0.1) is 0 Å². The Morgan fingerprint density at radius 2 is 1.95 bits per heavy atom. The third kappa shape index (κ3) is 2.36. The summed E-state index contributed by atoms with van der Waals surface area (Å²) in [6.45, 7) is 2.39. The van der Waals surface area contributed by atoms with Crippen LogP contribution >= 0.6 is 11.8 Å². The number of amides is 2. The van der Waals surface area contributed by atoms with Crippen LogP contribution in [0, 0.1) is 17.3 Å². The minimum Gasteiger partial charge on any atom is -0.351 e. The molecule has 2 N–H and O–H groups in total. The fourth-order valence-electron chi connectivity index (χ4n) is 5.69. The smallest absolute Gasteiger partial charge is 0.232 e. The minimum absolute atomic E-state index is 0.0354. The Kier molecular flexibility index (Phi) is 3.29. The lowest BCUT2D eigenvalue weighted by Gasteiger charge is -2.61. The number of thioether (sulfide) groups is 1. The summed E-state index contributed by atoms with van der Waals surface area (Å²) in [5.74, 6) is 2.30. The first-order valence-corrected chi connectivity index (χ1v) is 9.25. The second kappa shape index (κ2) is 4.98. The van der Waals surface area contributed by atoms with E-state index in [1.54, 1.807) is 18.7 Å². The Labute approximate surface area is 135 Å². The molecule has 4 atom stereocenters. The van der Waals surface area contributed by atoms with Gasteiger partial charge in [-0.1, -0.05) is 11.8 Å². The fourth-order valence-corrected chi connectivity index (χ4v) is 6.41. The maximum atomic E-state index is 13.0. The van der Waals surface area contributed by atoms with Gasteiger partial charge in [-0.3, -0.25) is 14.6 Å². The molecule has 1 heterocycles. The fraction of sp³-hybridized carbons (Fsp3) is 0.812. The number of nitrogens with one attached hydrogen (secondary N) is 2. The lowest BCUT2D eigenvalue weighted by atomic mass is 9.46. The molecule has 0 aromatic heterocycles. The summed E-state index contributed by atoms with van der Waals surface area (Å²) in [7, 11) is 0. The third-order valence-electron chi connectivity index (χ3n) is 5.79. The molecule has 5 nitrogen and oxygen atoms in total. The average molecular weight is 321 g/mol. The van der Waals surface area contributed by atoms with Crippen LogP contribution in [0.2, 0.25) is 0 Å². The van der Waals surface area contributed by atoms with Gasteiger partial charge in [-0.05, 0) is 50.4 Å². The van der Waals surface area contributed by atoms with Crippen molar-refractivity contribution in [2.45, 2.75) is 51.0 Å². The molecule has 4 saturated carbocycles. The van der Waals surface area contributed by atoms with Crippen LogP contribution in [-0.2, 0) is 9.59 Å². The monoisotopic (exact) mass is 321 g/mol. The molecule has 4 bridgehead atoms. The number of amidine groups is 1. The van der Waals surface area contributed by atoms with E-state index in [0.717, 1.165) is 49.6 Å². The molecule has 0 aromatic rings. The summed E-state index contributed by atoms with van der Waals surface area (Å²) >= 11 is 1.63. The molecule has 5 rings (SSSR count). The molecular weight excluding hydrogens is 298 g/mol. The SMILES string of the molecule is CC(=O)NC12C[C@H]3C[C@@H](C1)CC(C(=O)NC1=NCCS1)(C3)C2. The molecule has 1 aliphatic heterocycles. The summed E-state index contributed by atoms with van der Waals surface area (Å²) in [6.07, 6.45) is 6.09. The van der Waals surface area contributed by atoms with Gasteiger partial charge in [-0.25, -0.2) is 0 Å². The molecule has 5 aliphatic rings. The number of rotatable bonds is 2. The Morgan fingerprint density at radius 3 is 2.55 bits per heavy atom. The summed E-state index contributed by atoms with van der Waals surface area (Å²) < 4.78 is 0. The van der Waals surface area contributed by atoms with Crippen molar-refractivity contribution in [3.63, 3.8) is 0 Å². The molecule has 2 unspecified atom stereocenters. The third-order valence-corrected chi connectivity index (χ3v) is 6.68. The van der Waals surface area contributed by atoms with Crippen molar-refractivity contribution in [2.24, 2.45) is 22.2 Å². The van der Waals surface area contributed by atoms with E-state index in [0.29, 0.717) is 11.8 Å². The zero-order chi connectivity index (χ0) is 15.4. The quantitative estimate of drug-likeness (QED) is 0.813. The predicted molar refractivity (Wildman–Crippen MR) is 86.6 cm³/mol. The highest BCUT2D eigenvalue weighted by atomic mass is 32.2. The number of carbonyl (C=O) groups excluding carboxylic acids is 2. The van der Waals surface area contributed by atoms with E-state index >= 15 is 0 Å². The molecule has 4 aliphatic carbocycles. The van der Waals surface area contributed by atoms with Crippen molar-refractivity contribution in [3.05, 3.63) is 0 Å². The number of aliphatic imine (C=N–C) groups is 1. The largest absolute Gasteiger partial charge is 0.351 e. The lowest BCUT2D eigenvalue weighted by Crippen LogP contribution is -2.65. The van der Waals surface area contributed by atoms with Crippen molar-refractivity contribution >= 4 is 28.7 Å². The Hall–Kier alpha value is -1.04. The average Bonchev–Trinajstić information content (AvgIpc) is 2.88. The summed E-state index contributed by atoms with van der Waals surface area (Å²) in [6, 6.07) is 0. The van der Waals surface area contributed by atoms with E-state index in [-0.39, 0.29) is 22.8 Å². The van der Waals surface area contributed by atoms with Crippen molar-refractivity contribution in [3.8, 4) is 0 Å². The predicted octanol–water partition coefficient (Wildman–Crippen LogP) is 1.68. The highest BCUT2D eigenvalue weighted by Crippen LogP contribution is 2.61. The van der Waals surface area contributed by atoms with Crippen molar-refractivity contribution < 1.29 is 9.59 Å². The minimum atomic E-state index is -0.293. The first-order valence-electron chi connectivity index (χ1n) is 8.26. The van der Waals surface area contributed by atoms with Gasteiger partial charge >= 0.3 is 0 Å². The number of hydrogen-bond acceptors (Lipinski definition) is 4. The van der Waals surface area contributed by atoms with Crippen LogP contribution in [0.4, 0.5) is 0 Å². The number of nitrogens with zero attached hydrogens (tertiary/aromatic N) is 1. The van der Waals surface area contributed by atoms with Crippen LogP contribution < -0.4 is 10.6 Å². The molecule has 120 valence electrons. The molecule has 6 heteroatoms. The van der Waals surface area contributed by atoms with Gasteiger partial charge in [0, 0.05) is 18.2 Å². The lowest BCUT2D eigenvalue weighted by molar-refractivity contribution is -0.151. The molecule has 0 spiro atoms. The van der Waals surface area contributed by atoms with Crippen LogP contribution in [-0.4, -0.2) is 34.8 Å². The standard InChI is InChI=1S/C16H23N3O2S/c1-10(20)19-16-7-11-4-12(8-16)6-15(5-11,9-16)13(21)18-14-17-2-3-22-14/h11-12H,2-9H2,1H3,(H,19,20)(H,17,18,21)/t11-,12+,15?,16?. The van der Waals surface area contributed by atoms with Crippen molar-refractivity contribution in [1.82, 2.24) is 10.6 Å². The van der Waals surface area contributed by atoms with Gasteiger partial charge in [0.1, 0.15) is 0 Å². The second-order valence-corrected chi connectivity index (χ2v) is 8.78. The van der Waals surface area contributed by atoms with Crippen LogP contribution in [0.1, 0.15) is 45.4 Å². The first kappa shape index (κ1) is 14.5. The molecule has 0 aromatic carbocycles. The van der Waals surface area contributed by atoms with E-state index in [1.807, 2.05) is 0 Å². The van der Waals surface area contributed by atoms with Crippen molar-refractivity contribution in [2.75, 3.05) is 12.3 Å². The van der Waals surface area contributed by atoms with E-state index in [2.05, 4.69) is 15.6 Å². The van der Waals surface area contributed by atoms with Gasteiger partial charge in [0.25, 0.3) is 0 Å². The summed E-state index contributed by atoms with van der Waals surface area (Å²) in [5.41, 5.74) is -0.434. The van der Waals surface area contributed by atoms with E-state index in [9.17, 15) is 9.59 Å². The molecule has 0 radical (unpaired) electrons. The van der Waals surface area contributed by atoms with Gasteiger partial charge < -0.3 is 10.6 Å². The highest BCUT2D eigenvalue weighted by molar-refractivity contribution is 8.14. The van der Waals surface area contributed by atoms with E-state index in [4.69, 9.17) is 0 Å². The Balaban J connectivity index is 1.58. The maximum Gasteiger partial charge on any atom is 0.232 e. The zero-order valence-electron chi connectivity index (χ0n) is 13.0. The zero-order valence-corrected chi connectivity index (χ0v) is 13.8. The first-order chi connectivity index (χ1) is 10.5. The molecule has 0 saturated heterocycles. The van der Waals surface area contributed by atoms with Crippen LogP contribution in [0.15, 0.2) is 4.99 Å². The van der Waals surface area contributed by atoms with Crippen LogP contribution in [0.3, 0.4) is 0 Å². The van der Waals surface area contributed by atoms with Crippen LogP contribution in [0.5, 0.6) is 0 Å². The number of hydrogen-bond donors (Lipinski definition) is 2.